The van der Waals surface area contributed by atoms with Gasteiger partial charge in [-0.2, -0.15) is 4.98 Å². The zero-order valence-corrected chi connectivity index (χ0v) is 12.6. The summed E-state index contributed by atoms with van der Waals surface area (Å²) in [4.78, 5) is 20.8. The number of ether oxygens (including phenoxy) is 2. The highest BCUT2D eigenvalue weighted by Gasteiger charge is 2.29. The van der Waals surface area contributed by atoms with Gasteiger partial charge in [0.25, 0.3) is 0 Å². The Morgan fingerprint density at radius 2 is 1.91 bits per heavy atom. The minimum absolute atomic E-state index is 0.0599. The van der Waals surface area contributed by atoms with E-state index in [-0.39, 0.29) is 17.4 Å². The zero-order chi connectivity index (χ0) is 16.2. The van der Waals surface area contributed by atoms with Gasteiger partial charge in [-0.25, -0.2) is 4.98 Å². The van der Waals surface area contributed by atoms with E-state index in [1.165, 1.54) is 6.33 Å². The van der Waals surface area contributed by atoms with Crippen LogP contribution in [0.2, 0.25) is 0 Å². The second-order valence-electron chi connectivity index (χ2n) is 5.12. The van der Waals surface area contributed by atoms with Crippen molar-refractivity contribution in [3.63, 3.8) is 0 Å². The quantitative estimate of drug-likeness (QED) is 0.631. The van der Waals surface area contributed by atoms with E-state index in [4.69, 9.17) is 9.47 Å². The van der Waals surface area contributed by atoms with Crippen LogP contribution in [-0.2, 0) is 4.74 Å². The summed E-state index contributed by atoms with van der Waals surface area (Å²) in [5, 5.41) is 11.5. The van der Waals surface area contributed by atoms with Crippen molar-refractivity contribution in [3.8, 4) is 11.6 Å². The molecule has 8 heteroatoms. The molecule has 0 radical (unpaired) electrons. The van der Waals surface area contributed by atoms with E-state index in [9.17, 15) is 10.1 Å². The second-order valence-corrected chi connectivity index (χ2v) is 5.12. The van der Waals surface area contributed by atoms with Crippen LogP contribution in [0.1, 0.15) is 5.56 Å². The summed E-state index contributed by atoms with van der Waals surface area (Å²) in [6.45, 7) is 4.06. The maximum absolute atomic E-state index is 11.5. The number of hydrogen-bond donors (Lipinski definition) is 0. The number of anilines is 1. The number of aromatic nitrogens is 2. The van der Waals surface area contributed by atoms with Crippen molar-refractivity contribution in [2.24, 2.45) is 0 Å². The normalized spacial score (nSPS) is 14.6. The molecule has 0 N–H and O–H groups in total. The third-order valence-corrected chi connectivity index (χ3v) is 3.50. The maximum Gasteiger partial charge on any atom is 0.373 e. The van der Waals surface area contributed by atoms with Crippen molar-refractivity contribution in [3.05, 3.63) is 46.3 Å². The van der Waals surface area contributed by atoms with Crippen molar-refractivity contribution < 1.29 is 14.4 Å². The van der Waals surface area contributed by atoms with Gasteiger partial charge in [-0.05, 0) is 19.1 Å². The third-order valence-electron chi connectivity index (χ3n) is 3.50. The van der Waals surface area contributed by atoms with Crippen molar-refractivity contribution >= 4 is 11.5 Å². The Hall–Kier alpha value is -2.74. The van der Waals surface area contributed by atoms with Gasteiger partial charge in [-0.15, -0.1) is 0 Å². The smallest absolute Gasteiger partial charge is 0.373 e. The molecular formula is C15H16N4O4. The molecule has 0 amide bonds. The Morgan fingerprint density at radius 1 is 1.22 bits per heavy atom. The van der Waals surface area contributed by atoms with Gasteiger partial charge >= 0.3 is 11.6 Å². The molecule has 0 atom stereocenters. The topological polar surface area (TPSA) is 90.6 Å². The molecular weight excluding hydrogens is 300 g/mol. The van der Waals surface area contributed by atoms with E-state index in [1.807, 2.05) is 24.0 Å². The fourth-order valence-electron chi connectivity index (χ4n) is 2.31. The number of aryl methyl sites for hydroxylation is 1. The van der Waals surface area contributed by atoms with Crippen molar-refractivity contribution in [1.29, 1.82) is 0 Å². The van der Waals surface area contributed by atoms with E-state index in [2.05, 4.69) is 9.97 Å². The molecule has 8 nitrogen and oxygen atoms in total. The molecule has 23 heavy (non-hydrogen) atoms. The molecule has 2 aromatic rings. The molecule has 1 aromatic carbocycles. The minimum atomic E-state index is -0.506. The summed E-state index contributed by atoms with van der Waals surface area (Å²) in [7, 11) is 0. The summed E-state index contributed by atoms with van der Waals surface area (Å²) in [5.41, 5.74) is 0.846. The lowest BCUT2D eigenvalue weighted by Crippen LogP contribution is -2.37. The van der Waals surface area contributed by atoms with Crippen LogP contribution in [0.25, 0.3) is 0 Å². The van der Waals surface area contributed by atoms with E-state index in [0.29, 0.717) is 32.1 Å². The van der Waals surface area contributed by atoms with E-state index < -0.39 is 4.92 Å². The first kappa shape index (κ1) is 15.2. The summed E-state index contributed by atoms with van der Waals surface area (Å²) in [6.07, 6.45) is 1.28. The second kappa shape index (κ2) is 6.57. The van der Waals surface area contributed by atoms with E-state index in [1.54, 1.807) is 12.1 Å². The van der Waals surface area contributed by atoms with Crippen LogP contribution in [0.4, 0.5) is 11.5 Å². The highest BCUT2D eigenvalue weighted by atomic mass is 16.6. The average Bonchev–Trinajstić information content (AvgIpc) is 2.57. The molecule has 2 heterocycles. The fraction of sp³-hybridized carbons (Fsp3) is 0.333. The Labute approximate surface area is 132 Å². The van der Waals surface area contributed by atoms with Crippen LogP contribution in [0.5, 0.6) is 11.6 Å². The van der Waals surface area contributed by atoms with Crippen molar-refractivity contribution in [1.82, 2.24) is 9.97 Å². The third kappa shape index (κ3) is 3.37. The minimum Gasteiger partial charge on any atom is -0.434 e. The lowest BCUT2D eigenvalue weighted by Gasteiger charge is -2.27. The molecule has 120 valence electrons. The molecule has 1 aliphatic rings. The largest absolute Gasteiger partial charge is 0.434 e. The van der Waals surface area contributed by atoms with Gasteiger partial charge in [0.05, 0.1) is 18.1 Å². The summed E-state index contributed by atoms with van der Waals surface area (Å²) < 4.78 is 10.9. The van der Waals surface area contributed by atoms with Gasteiger partial charge in [0, 0.05) is 13.1 Å². The Kier molecular flexibility index (Phi) is 4.33. The standard InChI is InChI=1S/C15H16N4O4/c1-11-2-4-12(5-3-11)23-15-13(19(20)21)14(16-10-17-15)18-6-8-22-9-7-18/h2-5,10H,6-9H2,1H3. The molecule has 1 fully saturated rings. The highest BCUT2D eigenvalue weighted by molar-refractivity contribution is 5.63. The first-order valence-electron chi connectivity index (χ1n) is 7.22. The molecule has 0 bridgehead atoms. The number of nitro groups is 1. The molecule has 0 spiro atoms. The van der Waals surface area contributed by atoms with Crippen LogP contribution >= 0.6 is 0 Å². The molecule has 3 rings (SSSR count). The monoisotopic (exact) mass is 316 g/mol. The lowest BCUT2D eigenvalue weighted by atomic mass is 10.2. The highest BCUT2D eigenvalue weighted by Crippen LogP contribution is 2.36. The van der Waals surface area contributed by atoms with Crippen LogP contribution in [0.3, 0.4) is 0 Å². The lowest BCUT2D eigenvalue weighted by molar-refractivity contribution is -0.385. The average molecular weight is 316 g/mol. The fourth-order valence-corrected chi connectivity index (χ4v) is 2.31. The molecule has 0 saturated carbocycles. The number of rotatable bonds is 4. The Morgan fingerprint density at radius 3 is 2.57 bits per heavy atom. The predicted octanol–water partition coefficient (Wildman–Crippen LogP) is 2.32. The molecule has 1 aliphatic heterocycles. The number of benzene rings is 1. The Balaban J connectivity index is 1.95. The van der Waals surface area contributed by atoms with Gasteiger partial charge in [-0.3, -0.25) is 10.1 Å². The van der Waals surface area contributed by atoms with Gasteiger partial charge in [-0.1, -0.05) is 17.7 Å². The van der Waals surface area contributed by atoms with Crippen molar-refractivity contribution in [2.45, 2.75) is 6.92 Å². The van der Waals surface area contributed by atoms with E-state index in [0.717, 1.165) is 5.56 Å². The van der Waals surface area contributed by atoms with Crippen LogP contribution < -0.4 is 9.64 Å². The molecule has 0 unspecified atom stereocenters. The Bertz CT molecular complexity index is 699. The molecule has 1 saturated heterocycles. The summed E-state index contributed by atoms with van der Waals surface area (Å²) in [5.74, 6) is 0.691. The molecule has 0 aliphatic carbocycles. The number of morpholine rings is 1. The van der Waals surface area contributed by atoms with Gasteiger partial charge < -0.3 is 14.4 Å². The number of hydrogen-bond acceptors (Lipinski definition) is 7. The summed E-state index contributed by atoms with van der Waals surface area (Å²) in [6, 6.07) is 7.22. The van der Waals surface area contributed by atoms with Gasteiger partial charge in [0.15, 0.2) is 0 Å². The van der Waals surface area contributed by atoms with Crippen LogP contribution in [0, 0.1) is 17.0 Å². The first-order chi connectivity index (χ1) is 11.1. The zero-order valence-electron chi connectivity index (χ0n) is 12.6. The van der Waals surface area contributed by atoms with Gasteiger partial charge in [0.2, 0.25) is 5.82 Å². The predicted molar refractivity (Wildman–Crippen MR) is 83.0 cm³/mol. The number of nitrogens with zero attached hydrogens (tertiary/aromatic N) is 4. The van der Waals surface area contributed by atoms with Crippen LogP contribution in [-0.4, -0.2) is 41.2 Å². The SMILES string of the molecule is Cc1ccc(Oc2ncnc(N3CCOCC3)c2[N+](=O)[O-])cc1. The van der Waals surface area contributed by atoms with Crippen LogP contribution in [0.15, 0.2) is 30.6 Å². The molecule has 1 aromatic heterocycles. The van der Waals surface area contributed by atoms with E-state index >= 15 is 0 Å². The first-order valence-corrected chi connectivity index (χ1v) is 7.22. The summed E-state index contributed by atoms with van der Waals surface area (Å²) >= 11 is 0. The van der Waals surface area contributed by atoms with Gasteiger partial charge in [0.1, 0.15) is 12.1 Å². The maximum atomic E-state index is 11.5. The van der Waals surface area contributed by atoms with Crippen molar-refractivity contribution in [2.75, 3.05) is 31.2 Å².